The molecule has 1 atom stereocenters. The summed E-state index contributed by atoms with van der Waals surface area (Å²) >= 11 is 0. The molecule has 1 aliphatic heterocycles. The third kappa shape index (κ3) is 2.67. The van der Waals surface area contributed by atoms with Gasteiger partial charge in [0.15, 0.2) is 11.6 Å². The molecule has 26 heavy (non-hydrogen) atoms. The molecule has 3 heterocycles. The van der Waals surface area contributed by atoms with Crippen molar-refractivity contribution in [2.24, 2.45) is 0 Å². The minimum Gasteiger partial charge on any atom is -0.328 e. The molecule has 0 aliphatic carbocycles. The molecule has 1 aliphatic rings. The van der Waals surface area contributed by atoms with Crippen LogP contribution >= 0.6 is 0 Å². The van der Waals surface area contributed by atoms with Crippen LogP contribution in [0.25, 0.3) is 11.4 Å². The molecular weight excluding hydrogens is 340 g/mol. The second-order valence-electron chi connectivity index (χ2n) is 6.29. The van der Waals surface area contributed by atoms with Crippen molar-refractivity contribution in [3.8, 4) is 11.4 Å². The minimum atomic E-state index is -2.75. The first-order chi connectivity index (χ1) is 12.6. The van der Waals surface area contributed by atoms with Gasteiger partial charge in [0.25, 0.3) is 5.91 Å². The Morgan fingerprint density at radius 2 is 1.92 bits per heavy atom. The van der Waals surface area contributed by atoms with Crippen molar-refractivity contribution >= 4 is 5.91 Å². The summed E-state index contributed by atoms with van der Waals surface area (Å²) in [5, 5.41) is 8.49. The van der Waals surface area contributed by atoms with Crippen LogP contribution in [-0.2, 0) is 6.54 Å². The molecule has 134 valence electrons. The molecule has 0 saturated heterocycles. The first kappa shape index (κ1) is 16.4. The second-order valence-corrected chi connectivity index (χ2v) is 6.29. The van der Waals surface area contributed by atoms with E-state index in [0.29, 0.717) is 16.9 Å². The highest BCUT2D eigenvalue weighted by Gasteiger charge is 2.31. The van der Waals surface area contributed by atoms with Gasteiger partial charge in [0, 0.05) is 18.3 Å². The lowest BCUT2D eigenvalue weighted by Crippen LogP contribution is -2.41. The van der Waals surface area contributed by atoms with Crippen molar-refractivity contribution < 1.29 is 13.6 Å². The van der Waals surface area contributed by atoms with E-state index in [1.54, 1.807) is 0 Å². The topological polar surface area (TPSA) is 56.0 Å². The average Bonchev–Trinajstić information content (AvgIpc) is 3.29. The number of benzene rings is 1. The largest absolute Gasteiger partial charge is 0.328 e. The Balaban J connectivity index is 1.64. The van der Waals surface area contributed by atoms with Gasteiger partial charge in [0.05, 0.1) is 12.6 Å². The minimum absolute atomic E-state index is 0.0246. The smallest absolute Gasteiger partial charge is 0.319 e. The van der Waals surface area contributed by atoms with Gasteiger partial charge in [-0.3, -0.25) is 9.36 Å². The van der Waals surface area contributed by atoms with E-state index in [1.807, 2.05) is 41.8 Å². The number of nitrogens with zero attached hydrogens (tertiary/aromatic N) is 5. The fraction of sp³-hybridized carbons (Fsp3) is 0.278. The van der Waals surface area contributed by atoms with Gasteiger partial charge in [-0.15, -0.1) is 10.2 Å². The second kappa shape index (κ2) is 6.36. The van der Waals surface area contributed by atoms with Crippen molar-refractivity contribution in [3.63, 3.8) is 0 Å². The predicted molar refractivity (Wildman–Crippen MR) is 90.6 cm³/mol. The molecule has 8 heteroatoms. The van der Waals surface area contributed by atoms with E-state index in [-0.39, 0.29) is 18.3 Å². The highest BCUT2D eigenvalue weighted by Crippen LogP contribution is 2.28. The van der Waals surface area contributed by atoms with Crippen LogP contribution in [0.3, 0.4) is 0 Å². The number of amides is 1. The van der Waals surface area contributed by atoms with Crippen LogP contribution in [0.1, 0.15) is 35.8 Å². The Morgan fingerprint density at radius 1 is 1.15 bits per heavy atom. The van der Waals surface area contributed by atoms with Crippen molar-refractivity contribution in [2.75, 3.05) is 6.54 Å². The summed E-state index contributed by atoms with van der Waals surface area (Å²) in [7, 11) is 0. The number of hydrogen-bond donors (Lipinski definition) is 0. The van der Waals surface area contributed by atoms with Crippen LogP contribution in [0.4, 0.5) is 8.78 Å². The fourth-order valence-corrected chi connectivity index (χ4v) is 3.38. The summed E-state index contributed by atoms with van der Waals surface area (Å²) in [5.41, 5.74) is 0.924. The van der Waals surface area contributed by atoms with Crippen molar-refractivity contribution in [3.05, 3.63) is 60.2 Å². The number of aromatic nitrogens is 4. The van der Waals surface area contributed by atoms with Crippen LogP contribution in [0.5, 0.6) is 0 Å². The average molecular weight is 357 g/mol. The summed E-state index contributed by atoms with van der Waals surface area (Å²) in [6.45, 7) is -0.153. The van der Waals surface area contributed by atoms with Gasteiger partial charge in [0.1, 0.15) is 5.69 Å². The molecule has 0 fully saturated rings. The Bertz CT molecular complexity index is 934. The molecule has 0 spiro atoms. The van der Waals surface area contributed by atoms with E-state index in [2.05, 4.69) is 10.2 Å². The number of rotatable bonds is 3. The van der Waals surface area contributed by atoms with Crippen LogP contribution in [0.2, 0.25) is 0 Å². The Kier molecular flexibility index (Phi) is 4.02. The number of carbonyl (C=O) groups is 1. The standard InChI is InChI=1S/C18H17F2N5O/c1-12-10-23(17(26)14-8-5-9-24(14)18(19)20)11-15-21-22-16(25(12)15)13-6-3-2-4-7-13/h2-9,12,18H,10-11H2,1H3/t12-/m0/s1. The van der Waals surface area contributed by atoms with Crippen molar-refractivity contribution in [1.29, 1.82) is 0 Å². The molecule has 0 unspecified atom stereocenters. The monoisotopic (exact) mass is 357 g/mol. The van der Waals surface area contributed by atoms with E-state index in [0.717, 1.165) is 11.4 Å². The zero-order chi connectivity index (χ0) is 18.3. The Labute approximate surface area is 148 Å². The maximum absolute atomic E-state index is 13.1. The summed E-state index contributed by atoms with van der Waals surface area (Å²) < 4.78 is 28.8. The maximum atomic E-state index is 13.1. The summed E-state index contributed by atoms with van der Waals surface area (Å²) in [4.78, 5) is 14.3. The molecule has 0 saturated carbocycles. The van der Waals surface area contributed by atoms with Crippen molar-refractivity contribution in [2.45, 2.75) is 26.1 Å². The number of hydrogen-bond acceptors (Lipinski definition) is 3. The highest BCUT2D eigenvalue weighted by molar-refractivity contribution is 5.92. The van der Waals surface area contributed by atoms with Crippen molar-refractivity contribution in [1.82, 2.24) is 24.2 Å². The summed E-state index contributed by atoms with van der Waals surface area (Å²) in [6.07, 6.45) is 1.21. The molecule has 0 radical (unpaired) electrons. The van der Waals surface area contributed by atoms with Gasteiger partial charge in [-0.2, -0.15) is 8.78 Å². The number of carbonyl (C=O) groups excluding carboxylic acids is 1. The van der Waals surface area contributed by atoms with E-state index < -0.39 is 12.5 Å². The van der Waals surface area contributed by atoms with Gasteiger partial charge < -0.3 is 9.47 Å². The van der Waals surface area contributed by atoms with E-state index in [1.165, 1.54) is 23.2 Å². The summed E-state index contributed by atoms with van der Waals surface area (Å²) in [6, 6.07) is 12.5. The fourth-order valence-electron chi connectivity index (χ4n) is 3.38. The van der Waals surface area contributed by atoms with Gasteiger partial charge >= 0.3 is 6.55 Å². The van der Waals surface area contributed by atoms with E-state index in [9.17, 15) is 13.6 Å². The van der Waals surface area contributed by atoms with Gasteiger partial charge in [-0.1, -0.05) is 30.3 Å². The van der Waals surface area contributed by atoms with Crippen LogP contribution < -0.4 is 0 Å². The molecule has 6 nitrogen and oxygen atoms in total. The third-order valence-corrected chi connectivity index (χ3v) is 4.55. The Morgan fingerprint density at radius 3 is 2.65 bits per heavy atom. The molecule has 2 aromatic heterocycles. The van der Waals surface area contributed by atoms with Crippen LogP contribution in [-0.4, -0.2) is 36.7 Å². The zero-order valence-electron chi connectivity index (χ0n) is 14.1. The zero-order valence-corrected chi connectivity index (χ0v) is 14.1. The van der Waals surface area contributed by atoms with Crippen LogP contribution in [0.15, 0.2) is 48.7 Å². The lowest BCUT2D eigenvalue weighted by Gasteiger charge is -2.32. The van der Waals surface area contributed by atoms with Gasteiger partial charge in [0.2, 0.25) is 0 Å². The lowest BCUT2D eigenvalue weighted by molar-refractivity contribution is 0.0527. The molecule has 0 N–H and O–H groups in total. The first-order valence-electron chi connectivity index (χ1n) is 8.29. The van der Waals surface area contributed by atoms with Gasteiger partial charge in [-0.05, 0) is 19.1 Å². The predicted octanol–water partition coefficient (Wildman–Crippen LogP) is 3.36. The molecule has 3 aromatic rings. The van der Waals surface area contributed by atoms with E-state index in [4.69, 9.17) is 0 Å². The number of alkyl halides is 2. The highest BCUT2D eigenvalue weighted by atomic mass is 19.3. The summed E-state index contributed by atoms with van der Waals surface area (Å²) in [5.74, 6) is 0.958. The quantitative estimate of drug-likeness (QED) is 0.722. The SMILES string of the molecule is C[C@H]1CN(C(=O)c2cccn2C(F)F)Cc2nnc(-c3ccccc3)n21. The first-order valence-corrected chi connectivity index (χ1v) is 8.29. The maximum Gasteiger partial charge on any atom is 0.319 e. The molecule has 0 bridgehead atoms. The third-order valence-electron chi connectivity index (χ3n) is 4.55. The van der Waals surface area contributed by atoms with E-state index >= 15 is 0 Å². The van der Waals surface area contributed by atoms with Crippen LogP contribution in [0, 0.1) is 0 Å². The lowest BCUT2D eigenvalue weighted by atomic mass is 10.1. The normalized spacial score (nSPS) is 16.8. The number of fused-ring (bicyclic) bond motifs is 1. The Hall–Kier alpha value is -3.03. The molecule has 1 amide bonds. The molecule has 1 aromatic carbocycles. The molecule has 4 rings (SSSR count). The number of halogens is 2. The van der Waals surface area contributed by atoms with Gasteiger partial charge in [-0.25, -0.2) is 0 Å². The molecular formula is C18H17F2N5O.